The number of hydrogen-bond acceptors (Lipinski definition) is 1. The van der Waals surface area contributed by atoms with Crippen molar-refractivity contribution < 1.29 is 0 Å². The molecular formula is C13H16BrN. The fourth-order valence-electron chi connectivity index (χ4n) is 2.69. The van der Waals surface area contributed by atoms with Gasteiger partial charge in [0.2, 0.25) is 0 Å². The highest BCUT2D eigenvalue weighted by atomic mass is 79.9. The van der Waals surface area contributed by atoms with Gasteiger partial charge in [-0.1, -0.05) is 22.0 Å². The molecule has 0 atom stereocenters. The highest BCUT2D eigenvalue weighted by Gasteiger charge is 2.28. The van der Waals surface area contributed by atoms with Crippen LogP contribution in [-0.2, 0) is 6.42 Å². The zero-order valence-corrected chi connectivity index (χ0v) is 10.5. The number of fused-ring (bicyclic) bond motifs is 1. The molecule has 0 bridgehead atoms. The van der Waals surface area contributed by atoms with Gasteiger partial charge in [0.1, 0.15) is 0 Å². The lowest BCUT2D eigenvalue weighted by molar-refractivity contribution is 0.379. The molecule has 1 nitrogen and oxygen atoms in total. The maximum absolute atomic E-state index is 3.67. The molecule has 3 rings (SSSR count). The second-order valence-electron chi connectivity index (χ2n) is 4.62. The molecule has 0 amide bonds. The Hall–Kier alpha value is -0.500. The summed E-state index contributed by atoms with van der Waals surface area (Å²) in [5.41, 5.74) is 3.01. The maximum atomic E-state index is 3.67. The topological polar surface area (TPSA) is 3.24 Å². The first kappa shape index (κ1) is 9.71. The van der Waals surface area contributed by atoms with E-state index in [9.17, 15) is 0 Å². The van der Waals surface area contributed by atoms with Crippen molar-refractivity contribution in [2.75, 3.05) is 11.4 Å². The molecule has 0 aromatic heterocycles. The lowest BCUT2D eigenvalue weighted by Gasteiger charge is -2.42. The van der Waals surface area contributed by atoms with Crippen LogP contribution in [0, 0.1) is 0 Å². The molecule has 1 aliphatic carbocycles. The van der Waals surface area contributed by atoms with E-state index in [4.69, 9.17) is 0 Å². The summed E-state index contributed by atoms with van der Waals surface area (Å²) in [7, 11) is 0. The van der Waals surface area contributed by atoms with Gasteiger partial charge in [-0.25, -0.2) is 0 Å². The van der Waals surface area contributed by atoms with Crippen molar-refractivity contribution in [2.45, 2.75) is 38.1 Å². The largest absolute Gasteiger partial charge is 0.368 e. The second-order valence-corrected chi connectivity index (χ2v) is 5.47. The minimum absolute atomic E-state index is 0.832. The Labute approximate surface area is 99.6 Å². The van der Waals surface area contributed by atoms with Crippen molar-refractivity contribution in [3.05, 3.63) is 28.2 Å². The van der Waals surface area contributed by atoms with E-state index in [0.717, 1.165) is 6.04 Å². The van der Waals surface area contributed by atoms with Gasteiger partial charge in [0, 0.05) is 22.7 Å². The molecule has 15 heavy (non-hydrogen) atoms. The van der Waals surface area contributed by atoms with Crippen LogP contribution in [0.3, 0.4) is 0 Å². The van der Waals surface area contributed by atoms with Crippen LogP contribution in [0.15, 0.2) is 22.7 Å². The monoisotopic (exact) mass is 265 g/mol. The molecule has 1 aliphatic heterocycles. The van der Waals surface area contributed by atoms with Crippen molar-refractivity contribution in [1.82, 2.24) is 0 Å². The fourth-order valence-corrected chi connectivity index (χ4v) is 3.24. The van der Waals surface area contributed by atoms with Gasteiger partial charge in [-0.05, 0) is 49.8 Å². The van der Waals surface area contributed by atoms with Gasteiger partial charge >= 0.3 is 0 Å². The van der Waals surface area contributed by atoms with E-state index in [1.807, 2.05) is 0 Å². The van der Waals surface area contributed by atoms with Crippen LogP contribution >= 0.6 is 15.9 Å². The molecule has 0 radical (unpaired) electrons. The molecule has 80 valence electrons. The number of anilines is 1. The van der Waals surface area contributed by atoms with Gasteiger partial charge in [-0.3, -0.25) is 0 Å². The van der Waals surface area contributed by atoms with Crippen LogP contribution in [-0.4, -0.2) is 12.6 Å². The molecule has 0 saturated heterocycles. The Balaban J connectivity index is 1.98. The summed E-state index contributed by atoms with van der Waals surface area (Å²) in [4.78, 5) is 2.63. The van der Waals surface area contributed by atoms with Crippen molar-refractivity contribution in [1.29, 1.82) is 0 Å². The predicted molar refractivity (Wildman–Crippen MR) is 67.4 cm³/mol. The molecule has 2 heteroatoms. The Morgan fingerprint density at radius 2 is 2.07 bits per heavy atom. The van der Waals surface area contributed by atoms with Gasteiger partial charge in [0.25, 0.3) is 0 Å². The molecule has 1 saturated carbocycles. The number of hydrogen-bond donors (Lipinski definition) is 0. The molecule has 0 unspecified atom stereocenters. The molecule has 1 fully saturated rings. The molecular weight excluding hydrogens is 250 g/mol. The summed E-state index contributed by atoms with van der Waals surface area (Å²) >= 11 is 3.67. The molecule has 2 aliphatic rings. The van der Waals surface area contributed by atoms with Crippen LogP contribution in [0.5, 0.6) is 0 Å². The molecule has 1 heterocycles. The Morgan fingerprint density at radius 1 is 1.20 bits per heavy atom. The third-order valence-corrected chi connectivity index (χ3v) is 4.49. The summed E-state index contributed by atoms with van der Waals surface area (Å²) in [6.45, 7) is 1.26. The Bertz CT molecular complexity index is 371. The van der Waals surface area contributed by atoms with Crippen molar-refractivity contribution >= 4 is 21.6 Å². The number of rotatable bonds is 1. The van der Waals surface area contributed by atoms with E-state index < -0.39 is 0 Å². The molecule has 1 aromatic carbocycles. The van der Waals surface area contributed by atoms with Gasteiger partial charge in [-0.15, -0.1) is 0 Å². The van der Waals surface area contributed by atoms with E-state index >= 15 is 0 Å². The van der Waals surface area contributed by atoms with Crippen LogP contribution in [0.1, 0.15) is 31.2 Å². The first-order valence-electron chi connectivity index (χ1n) is 5.90. The highest BCUT2D eigenvalue weighted by molar-refractivity contribution is 9.10. The predicted octanol–water partition coefficient (Wildman–Crippen LogP) is 3.75. The average molecular weight is 266 g/mol. The van der Waals surface area contributed by atoms with Gasteiger partial charge in [-0.2, -0.15) is 0 Å². The Kier molecular flexibility index (Phi) is 2.47. The second kappa shape index (κ2) is 3.82. The molecule has 0 N–H and O–H groups in total. The van der Waals surface area contributed by atoms with Crippen molar-refractivity contribution in [3.8, 4) is 0 Å². The van der Waals surface area contributed by atoms with Gasteiger partial charge < -0.3 is 4.90 Å². The van der Waals surface area contributed by atoms with Gasteiger partial charge in [0.15, 0.2) is 0 Å². The number of benzene rings is 1. The first-order valence-corrected chi connectivity index (χ1v) is 6.69. The lowest BCUT2D eigenvalue weighted by atomic mass is 9.88. The minimum Gasteiger partial charge on any atom is -0.368 e. The lowest BCUT2D eigenvalue weighted by Crippen LogP contribution is -2.43. The first-order chi connectivity index (χ1) is 7.36. The smallest absolute Gasteiger partial charge is 0.0412 e. The molecule has 0 spiro atoms. The van der Waals surface area contributed by atoms with E-state index in [0.29, 0.717) is 0 Å². The van der Waals surface area contributed by atoms with E-state index in [2.05, 4.69) is 39.0 Å². The highest BCUT2D eigenvalue weighted by Crippen LogP contribution is 2.37. The van der Waals surface area contributed by atoms with Crippen molar-refractivity contribution in [2.24, 2.45) is 0 Å². The summed E-state index contributed by atoms with van der Waals surface area (Å²) in [5, 5.41) is 0. The summed E-state index contributed by atoms with van der Waals surface area (Å²) in [6.07, 6.45) is 6.76. The van der Waals surface area contributed by atoms with Crippen molar-refractivity contribution in [3.63, 3.8) is 0 Å². The number of halogens is 1. The summed E-state index contributed by atoms with van der Waals surface area (Å²) in [5.74, 6) is 0. The Morgan fingerprint density at radius 3 is 2.80 bits per heavy atom. The van der Waals surface area contributed by atoms with Crippen LogP contribution in [0.4, 0.5) is 5.69 Å². The zero-order chi connectivity index (χ0) is 10.3. The zero-order valence-electron chi connectivity index (χ0n) is 8.88. The average Bonchev–Trinajstić information content (AvgIpc) is 2.17. The standard InChI is InChI=1S/C13H16BrN/c14-12-7-2-8-13-11(12)6-3-9-15(13)10-4-1-5-10/h2,7-8,10H,1,3-6,9H2. The fraction of sp³-hybridized carbons (Fsp3) is 0.538. The normalized spacial score (nSPS) is 21.0. The van der Waals surface area contributed by atoms with Crippen LogP contribution < -0.4 is 4.90 Å². The summed E-state index contributed by atoms with van der Waals surface area (Å²) < 4.78 is 1.30. The quantitative estimate of drug-likeness (QED) is 0.748. The van der Waals surface area contributed by atoms with E-state index in [-0.39, 0.29) is 0 Å². The third-order valence-electron chi connectivity index (χ3n) is 3.74. The molecule has 1 aromatic rings. The SMILES string of the molecule is Brc1cccc2c1CCCN2C1CCC1. The maximum Gasteiger partial charge on any atom is 0.0412 e. The van der Waals surface area contributed by atoms with Crippen LogP contribution in [0.25, 0.3) is 0 Å². The van der Waals surface area contributed by atoms with Gasteiger partial charge in [0.05, 0.1) is 0 Å². The third kappa shape index (κ3) is 1.59. The minimum atomic E-state index is 0.832. The van der Waals surface area contributed by atoms with E-state index in [1.54, 1.807) is 0 Å². The number of nitrogens with zero attached hydrogens (tertiary/aromatic N) is 1. The summed E-state index contributed by atoms with van der Waals surface area (Å²) in [6, 6.07) is 7.46. The van der Waals surface area contributed by atoms with Crippen LogP contribution in [0.2, 0.25) is 0 Å². The van der Waals surface area contributed by atoms with E-state index in [1.165, 1.54) is 54.4 Å².